The Morgan fingerprint density at radius 2 is 2.00 bits per heavy atom. The van der Waals surface area contributed by atoms with E-state index in [4.69, 9.17) is 0 Å². The van der Waals surface area contributed by atoms with Gasteiger partial charge in [-0.3, -0.25) is 9.59 Å². The quantitative estimate of drug-likeness (QED) is 0.432. The molecule has 4 nitrogen and oxygen atoms in total. The average Bonchev–Trinajstić information content (AvgIpc) is 2.11. The molecule has 0 aliphatic carbocycles. The van der Waals surface area contributed by atoms with E-state index >= 15 is 0 Å². The Labute approximate surface area is 70.8 Å². The maximum atomic E-state index is 11.0. The first kappa shape index (κ1) is 10.6. The Morgan fingerprint density at radius 3 is 2.42 bits per heavy atom. The summed E-state index contributed by atoms with van der Waals surface area (Å²) >= 11 is 0. The van der Waals surface area contributed by atoms with Gasteiger partial charge in [0.2, 0.25) is 5.91 Å². The number of rotatable bonds is 4. The topological polar surface area (TPSA) is 54.5 Å². The number of allylic oxidation sites excluding steroid dienone is 1. The number of aldehydes is 2. The van der Waals surface area contributed by atoms with Crippen LogP contribution in [0, 0.1) is 0 Å². The molecule has 4 heteroatoms. The van der Waals surface area contributed by atoms with Crippen molar-refractivity contribution in [2.45, 2.75) is 13.0 Å². The van der Waals surface area contributed by atoms with Crippen molar-refractivity contribution in [2.75, 3.05) is 7.05 Å². The van der Waals surface area contributed by atoms with Crippen molar-refractivity contribution >= 4 is 18.5 Å². The molecule has 0 aliphatic heterocycles. The van der Waals surface area contributed by atoms with Crippen LogP contribution in [-0.2, 0) is 14.4 Å². The van der Waals surface area contributed by atoms with Crippen molar-refractivity contribution in [1.29, 1.82) is 0 Å². The smallest absolute Gasteiger partial charge is 0.247 e. The molecule has 0 aromatic rings. The molecule has 0 aromatic heterocycles. The molecule has 0 bridgehead atoms. The molecular formula is C8H11NO3. The van der Waals surface area contributed by atoms with Crippen molar-refractivity contribution in [2.24, 2.45) is 0 Å². The largest absolute Gasteiger partial charge is 0.333 e. The summed E-state index contributed by atoms with van der Waals surface area (Å²) in [7, 11) is 1.50. The molecule has 1 amide bonds. The lowest BCUT2D eigenvalue weighted by Gasteiger charge is -2.17. The fourth-order valence-electron chi connectivity index (χ4n) is 0.531. The van der Waals surface area contributed by atoms with Gasteiger partial charge in [0.15, 0.2) is 0 Å². The van der Waals surface area contributed by atoms with Crippen LogP contribution in [0.2, 0.25) is 0 Å². The minimum atomic E-state index is -0.464. The zero-order valence-electron chi connectivity index (χ0n) is 7.06. The summed E-state index contributed by atoms with van der Waals surface area (Å²) in [5, 5.41) is 0. The third-order valence-corrected chi connectivity index (χ3v) is 1.47. The molecule has 1 atom stereocenters. The van der Waals surface area contributed by atoms with Gasteiger partial charge in [-0.25, -0.2) is 0 Å². The first-order chi connectivity index (χ1) is 5.63. The van der Waals surface area contributed by atoms with Gasteiger partial charge in [-0.15, -0.1) is 0 Å². The van der Waals surface area contributed by atoms with Gasteiger partial charge in [-0.05, 0) is 13.0 Å². The van der Waals surface area contributed by atoms with Crippen LogP contribution >= 0.6 is 0 Å². The van der Waals surface area contributed by atoms with Crippen LogP contribution < -0.4 is 0 Å². The monoisotopic (exact) mass is 169 g/mol. The van der Waals surface area contributed by atoms with Gasteiger partial charge in [0.05, 0.1) is 6.04 Å². The zero-order chi connectivity index (χ0) is 9.56. The van der Waals surface area contributed by atoms with Gasteiger partial charge in [-0.2, -0.15) is 0 Å². The van der Waals surface area contributed by atoms with Gasteiger partial charge in [-0.1, -0.05) is 0 Å². The van der Waals surface area contributed by atoms with Gasteiger partial charge >= 0.3 is 0 Å². The van der Waals surface area contributed by atoms with E-state index in [1.807, 2.05) is 0 Å². The Morgan fingerprint density at radius 1 is 1.42 bits per heavy atom. The van der Waals surface area contributed by atoms with E-state index in [2.05, 4.69) is 0 Å². The second kappa shape index (κ2) is 5.23. The molecule has 0 aliphatic rings. The van der Waals surface area contributed by atoms with E-state index < -0.39 is 6.04 Å². The fraction of sp³-hybridized carbons (Fsp3) is 0.375. The summed E-state index contributed by atoms with van der Waals surface area (Å²) in [6, 6.07) is -0.464. The summed E-state index contributed by atoms with van der Waals surface area (Å²) in [6.07, 6.45) is 3.38. The van der Waals surface area contributed by atoms with E-state index in [-0.39, 0.29) is 5.91 Å². The number of nitrogens with zero attached hydrogens (tertiary/aromatic N) is 1. The highest BCUT2D eigenvalue weighted by atomic mass is 16.2. The standard InChI is InChI=1S/C8H11NO3/c1-7(6-11)9(2)8(12)4-3-5-10/h3-7H,1-2H3/b4-3-. The van der Waals surface area contributed by atoms with Crippen molar-refractivity contribution < 1.29 is 14.4 Å². The summed E-state index contributed by atoms with van der Waals surface area (Å²) in [5.74, 6) is -0.360. The number of hydrogen-bond donors (Lipinski definition) is 0. The molecule has 0 rings (SSSR count). The maximum Gasteiger partial charge on any atom is 0.247 e. The van der Waals surface area contributed by atoms with Crippen LogP contribution in [-0.4, -0.2) is 36.5 Å². The fourth-order valence-corrected chi connectivity index (χ4v) is 0.531. The van der Waals surface area contributed by atoms with E-state index in [0.29, 0.717) is 12.6 Å². The number of carbonyl (C=O) groups is 3. The lowest BCUT2D eigenvalue weighted by molar-refractivity contribution is -0.129. The highest BCUT2D eigenvalue weighted by Crippen LogP contribution is 1.93. The summed E-state index contributed by atoms with van der Waals surface area (Å²) < 4.78 is 0. The van der Waals surface area contributed by atoms with Crippen LogP contribution in [0.15, 0.2) is 12.2 Å². The van der Waals surface area contributed by atoms with Crippen molar-refractivity contribution in [1.82, 2.24) is 4.90 Å². The summed E-state index contributed by atoms with van der Waals surface area (Å²) in [4.78, 5) is 32.3. The molecule has 0 radical (unpaired) electrons. The molecule has 0 fully saturated rings. The van der Waals surface area contributed by atoms with Crippen LogP contribution in [0.5, 0.6) is 0 Å². The molecule has 0 heterocycles. The van der Waals surface area contributed by atoms with E-state index in [1.54, 1.807) is 6.92 Å². The predicted molar refractivity (Wildman–Crippen MR) is 43.5 cm³/mol. The predicted octanol–water partition coefficient (Wildman–Crippen LogP) is -0.213. The van der Waals surface area contributed by atoms with Crippen LogP contribution in [0.25, 0.3) is 0 Å². The molecule has 0 N–H and O–H groups in total. The number of hydrogen-bond acceptors (Lipinski definition) is 3. The lowest BCUT2D eigenvalue weighted by atomic mass is 10.3. The normalized spacial score (nSPS) is 12.5. The van der Waals surface area contributed by atoms with Crippen LogP contribution in [0.1, 0.15) is 6.92 Å². The Hall–Kier alpha value is -1.45. The molecular weight excluding hydrogens is 158 g/mol. The van der Waals surface area contributed by atoms with Gasteiger partial charge in [0, 0.05) is 13.1 Å². The molecule has 0 saturated carbocycles. The zero-order valence-corrected chi connectivity index (χ0v) is 7.06. The number of amides is 1. The lowest BCUT2D eigenvalue weighted by Crippen LogP contribution is -2.34. The number of likely N-dealkylation sites (N-methyl/N-ethyl adjacent to an activating group) is 1. The third kappa shape index (κ3) is 3.09. The second-order valence-electron chi connectivity index (χ2n) is 2.32. The highest BCUT2D eigenvalue weighted by Gasteiger charge is 2.10. The first-order valence-corrected chi connectivity index (χ1v) is 3.47. The van der Waals surface area contributed by atoms with Crippen LogP contribution in [0.3, 0.4) is 0 Å². The first-order valence-electron chi connectivity index (χ1n) is 3.47. The average molecular weight is 169 g/mol. The molecule has 1 unspecified atom stereocenters. The van der Waals surface area contributed by atoms with E-state index in [0.717, 1.165) is 12.2 Å². The Kier molecular flexibility index (Phi) is 4.60. The SMILES string of the molecule is CC(C=O)N(C)C(=O)/C=C\C=O. The van der Waals surface area contributed by atoms with Crippen molar-refractivity contribution in [3.05, 3.63) is 12.2 Å². The minimum absolute atomic E-state index is 0.360. The summed E-state index contributed by atoms with van der Waals surface area (Å²) in [6.45, 7) is 1.60. The van der Waals surface area contributed by atoms with Crippen molar-refractivity contribution in [3.8, 4) is 0 Å². The van der Waals surface area contributed by atoms with E-state index in [1.165, 1.54) is 11.9 Å². The van der Waals surface area contributed by atoms with Crippen molar-refractivity contribution in [3.63, 3.8) is 0 Å². The molecule has 0 saturated heterocycles. The maximum absolute atomic E-state index is 11.0. The van der Waals surface area contributed by atoms with Crippen LogP contribution in [0.4, 0.5) is 0 Å². The van der Waals surface area contributed by atoms with Gasteiger partial charge in [0.1, 0.15) is 12.6 Å². The number of carbonyl (C=O) groups excluding carboxylic acids is 3. The Bertz CT molecular complexity index is 210. The third-order valence-electron chi connectivity index (χ3n) is 1.47. The molecule has 0 spiro atoms. The summed E-state index contributed by atoms with van der Waals surface area (Å²) in [5.41, 5.74) is 0. The van der Waals surface area contributed by atoms with E-state index in [9.17, 15) is 14.4 Å². The second-order valence-corrected chi connectivity index (χ2v) is 2.32. The molecule has 66 valence electrons. The van der Waals surface area contributed by atoms with Gasteiger partial charge < -0.3 is 9.69 Å². The minimum Gasteiger partial charge on any atom is -0.333 e. The Balaban J connectivity index is 4.18. The highest BCUT2D eigenvalue weighted by molar-refractivity contribution is 5.92. The molecule has 12 heavy (non-hydrogen) atoms. The van der Waals surface area contributed by atoms with Gasteiger partial charge in [0.25, 0.3) is 0 Å². The molecule has 0 aromatic carbocycles.